The van der Waals surface area contributed by atoms with Crippen LogP contribution in [0.1, 0.15) is 17.0 Å². The van der Waals surface area contributed by atoms with Gasteiger partial charge in [0, 0.05) is 6.26 Å². The Balaban J connectivity index is 2.85. The number of hydrogen-bond acceptors (Lipinski definition) is 3. The van der Waals surface area contributed by atoms with Gasteiger partial charge in [0.15, 0.2) is 5.69 Å². The second-order valence-electron chi connectivity index (χ2n) is 5.07. The lowest BCUT2D eigenvalue weighted by Crippen LogP contribution is -2.09. The summed E-state index contributed by atoms with van der Waals surface area (Å²) in [5, 5.41) is 12.0. The second-order valence-corrected chi connectivity index (χ2v) is 8.31. The summed E-state index contributed by atoms with van der Waals surface area (Å²) in [4.78, 5) is -0.232. The van der Waals surface area contributed by atoms with Gasteiger partial charge in [-0.25, -0.2) is 9.07 Å². The molecule has 0 bridgehead atoms. The van der Waals surface area contributed by atoms with E-state index < -0.39 is 38.0 Å². The highest BCUT2D eigenvalue weighted by Gasteiger charge is 2.33. The summed E-state index contributed by atoms with van der Waals surface area (Å²) >= 11 is 11.8. The van der Waals surface area contributed by atoms with Crippen molar-refractivity contribution in [3.05, 3.63) is 39.1 Å². The van der Waals surface area contributed by atoms with E-state index in [-0.39, 0.29) is 22.0 Å². The molecule has 0 aliphatic carbocycles. The van der Waals surface area contributed by atoms with Gasteiger partial charge in [0.1, 0.15) is 18.4 Å². The van der Waals surface area contributed by atoms with E-state index >= 15 is 0 Å². The van der Waals surface area contributed by atoms with Crippen molar-refractivity contribution >= 4 is 38.6 Å². The number of benzene rings is 1. The van der Waals surface area contributed by atoms with Crippen LogP contribution in [0.15, 0.2) is 17.0 Å². The first kappa shape index (κ1) is 19.6. The van der Waals surface area contributed by atoms with Gasteiger partial charge >= 0.3 is 6.18 Å². The third kappa shape index (κ3) is 3.61. The fourth-order valence-corrected chi connectivity index (χ4v) is 3.98. The number of nitriles is 1. The summed E-state index contributed by atoms with van der Waals surface area (Å²) in [7, 11) is -3.04. The Morgan fingerprint density at radius 3 is 2.24 bits per heavy atom. The van der Waals surface area contributed by atoms with E-state index in [1.165, 1.54) is 6.26 Å². The van der Waals surface area contributed by atoms with E-state index in [9.17, 15) is 21.8 Å². The highest BCUT2D eigenvalue weighted by Crippen LogP contribution is 2.38. The molecule has 1 aromatic heterocycles. The summed E-state index contributed by atoms with van der Waals surface area (Å²) in [6.45, 7) is -1.21. The van der Waals surface area contributed by atoms with Crippen LogP contribution in [0.5, 0.6) is 0 Å². The molecule has 0 saturated heterocycles. The molecule has 0 N–H and O–H groups in total. The highest BCUT2D eigenvalue weighted by molar-refractivity contribution is 7.99. The zero-order valence-corrected chi connectivity index (χ0v) is 14.8. The summed E-state index contributed by atoms with van der Waals surface area (Å²) in [6.07, 6.45) is -3.50. The van der Waals surface area contributed by atoms with Crippen molar-refractivity contribution in [1.82, 2.24) is 9.78 Å². The maximum absolute atomic E-state index is 13.6. The normalized spacial score (nSPS) is 14.2. The zero-order chi connectivity index (χ0) is 19.2. The first-order chi connectivity index (χ1) is 11.4. The van der Waals surface area contributed by atoms with Gasteiger partial charge in [0.05, 0.1) is 26.2 Å². The molecule has 0 saturated carbocycles. The average molecular weight is 414 g/mol. The minimum atomic E-state index is -4.69. The van der Waals surface area contributed by atoms with Crippen LogP contribution in [0.4, 0.5) is 17.6 Å². The van der Waals surface area contributed by atoms with Gasteiger partial charge in [-0.1, -0.05) is 23.2 Å². The van der Waals surface area contributed by atoms with Crippen LogP contribution < -0.4 is 0 Å². The largest absolute Gasteiger partial charge is 0.416 e. The first-order valence-corrected chi connectivity index (χ1v) is 9.27. The van der Waals surface area contributed by atoms with E-state index in [4.69, 9.17) is 28.5 Å². The SMILES string of the molecule is C=S(C)(=O)c1c(C#N)nn(-c2c(Cl)cc(C(F)(F)F)cc2Cl)c1CF. The van der Waals surface area contributed by atoms with E-state index in [0.717, 1.165) is 4.68 Å². The summed E-state index contributed by atoms with van der Waals surface area (Å²) in [5.74, 6) is 3.40. The molecule has 1 atom stereocenters. The molecule has 25 heavy (non-hydrogen) atoms. The lowest BCUT2D eigenvalue weighted by Gasteiger charge is -2.14. The van der Waals surface area contributed by atoms with Crippen molar-refractivity contribution in [2.75, 3.05) is 6.26 Å². The Bertz CT molecular complexity index is 968. The zero-order valence-electron chi connectivity index (χ0n) is 12.5. The standard InChI is InChI=1S/C14H9Cl2F4N3OS/c1-25(2,24)13-10(6-21)22-23(11(13)5-17)12-8(15)3-7(4-9(12)16)14(18,19)20/h3-4H,1,5H2,2H3. The number of halogens is 6. The maximum Gasteiger partial charge on any atom is 0.416 e. The number of hydrogen-bond donors (Lipinski definition) is 0. The molecule has 0 aliphatic rings. The van der Waals surface area contributed by atoms with Gasteiger partial charge in [0.2, 0.25) is 0 Å². The van der Waals surface area contributed by atoms with Crippen molar-refractivity contribution in [2.24, 2.45) is 0 Å². The molecule has 134 valence electrons. The Kier molecular flexibility index (Phi) is 5.10. The number of aromatic nitrogens is 2. The molecule has 2 rings (SSSR count). The summed E-state index contributed by atoms with van der Waals surface area (Å²) < 4.78 is 65.0. The highest BCUT2D eigenvalue weighted by atomic mass is 35.5. The van der Waals surface area contributed by atoms with Gasteiger partial charge in [-0.2, -0.15) is 23.5 Å². The van der Waals surface area contributed by atoms with Crippen molar-refractivity contribution in [3.63, 3.8) is 0 Å². The minimum absolute atomic E-state index is 0.232. The van der Waals surface area contributed by atoms with Crippen molar-refractivity contribution < 1.29 is 21.8 Å². The maximum atomic E-state index is 13.6. The fourth-order valence-electron chi connectivity index (χ4n) is 2.20. The molecule has 0 fully saturated rings. The van der Waals surface area contributed by atoms with Gasteiger partial charge in [-0.15, -0.1) is 0 Å². The molecule has 1 aromatic carbocycles. The smallest absolute Gasteiger partial charge is 0.263 e. The molecular formula is C14H9Cl2F4N3OS. The summed E-state index contributed by atoms with van der Waals surface area (Å²) in [6, 6.07) is 2.86. The Morgan fingerprint density at radius 1 is 1.36 bits per heavy atom. The van der Waals surface area contributed by atoms with Crippen LogP contribution in [0.25, 0.3) is 5.69 Å². The quantitative estimate of drug-likeness (QED) is 0.558. The number of alkyl halides is 4. The van der Waals surface area contributed by atoms with Gasteiger partial charge in [-0.05, 0) is 27.5 Å². The van der Waals surface area contributed by atoms with E-state index in [1.54, 1.807) is 6.07 Å². The van der Waals surface area contributed by atoms with Crippen LogP contribution in [-0.4, -0.2) is 26.1 Å². The molecule has 1 unspecified atom stereocenters. The van der Waals surface area contributed by atoms with Gasteiger partial charge < -0.3 is 0 Å². The van der Waals surface area contributed by atoms with Crippen molar-refractivity contribution in [2.45, 2.75) is 17.7 Å². The second kappa shape index (κ2) is 6.52. The lowest BCUT2D eigenvalue weighted by molar-refractivity contribution is -0.137. The molecular weight excluding hydrogens is 405 g/mol. The molecule has 0 spiro atoms. The van der Waals surface area contributed by atoms with Crippen LogP contribution in [0.2, 0.25) is 10.0 Å². The molecule has 1 heterocycles. The molecule has 11 heteroatoms. The number of nitrogens with zero attached hydrogens (tertiary/aromatic N) is 3. The third-order valence-corrected chi connectivity index (χ3v) is 5.02. The van der Waals surface area contributed by atoms with Crippen LogP contribution in [0.3, 0.4) is 0 Å². The monoisotopic (exact) mass is 413 g/mol. The van der Waals surface area contributed by atoms with Crippen molar-refractivity contribution in [1.29, 1.82) is 5.26 Å². The van der Waals surface area contributed by atoms with E-state index in [1.807, 2.05) is 0 Å². The molecule has 0 aliphatic heterocycles. The molecule has 0 radical (unpaired) electrons. The third-order valence-electron chi connectivity index (χ3n) is 3.15. The Labute approximate surface area is 150 Å². The molecule has 0 amide bonds. The molecule has 2 aromatic rings. The average Bonchev–Trinajstić information content (AvgIpc) is 2.84. The summed E-state index contributed by atoms with van der Waals surface area (Å²) in [5.41, 5.74) is -2.04. The van der Waals surface area contributed by atoms with Gasteiger partial charge in [-0.3, -0.25) is 4.21 Å². The van der Waals surface area contributed by atoms with Gasteiger partial charge in [0.25, 0.3) is 0 Å². The fraction of sp³-hybridized carbons (Fsp3) is 0.214. The lowest BCUT2D eigenvalue weighted by atomic mass is 10.2. The Morgan fingerprint density at radius 2 is 1.88 bits per heavy atom. The van der Waals surface area contributed by atoms with Crippen LogP contribution >= 0.6 is 23.2 Å². The number of rotatable bonds is 3. The van der Waals surface area contributed by atoms with E-state index in [2.05, 4.69) is 11.0 Å². The Hall–Kier alpha value is -1.76. The van der Waals surface area contributed by atoms with E-state index in [0.29, 0.717) is 12.1 Å². The van der Waals surface area contributed by atoms with Crippen LogP contribution in [-0.2, 0) is 22.4 Å². The first-order valence-electron chi connectivity index (χ1n) is 6.38. The predicted octanol–water partition coefficient (Wildman–Crippen LogP) is 4.24. The topological polar surface area (TPSA) is 58.7 Å². The molecule has 4 nitrogen and oxygen atoms in total. The van der Waals surface area contributed by atoms with Crippen LogP contribution in [0, 0.1) is 11.3 Å². The minimum Gasteiger partial charge on any atom is -0.263 e. The predicted molar refractivity (Wildman–Crippen MR) is 87.6 cm³/mol. The van der Waals surface area contributed by atoms with Crippen molar-refractivity contribution in [3.8, 4) is 11.8 Å².